The second-order valence-electron chi connectivity index (χ2n) is 29.6. The molecule has 0 aromatic heterocycles. The summed E-state index contributed by atoms with van der Waals surface area (Å²) in [6.45, 7) is -7.12. The highest BCUT2D eigenvalue weighted by atomic mass is 16.8. The number of aliphatic hydroxyl groups excluding tert-OH is 25. The minimum Gasteiger partial charge on any atom is -0.394 e. The molecule has 688 valence electrons. The van der Waals surface area contributed by atoms with Gasteiger partial charge >= 0.3 is 0 Å². The van der Waals surface area contributed by atoms with E-state index < -0.39 is 378 Å². The molecule has 119 heavy (non-hydrogen) atoms. The lowest BCUT2D eigenvalue weighted by Crippen LogP contribution is -2.71. The zero-order valence-corrected chi connectivity index (χ0v) is 64.0. The van der Waals surface area contributed by atoms with Gasteiger partial charge in [0, 0.05) is 27.7 Å². The molecule has 9 aliphatic heterocycles. The molecule has 0 bridgehead atoms. The molecule has 9 rings (SSSR count). The fraction of sp³-hybridized carbons (Fsp3) is 0.924. The molecule has 0 saturated carbocycles. The Kier molecular flexibility index (Phi) is 36.5. The number of ether oxygens (including phenoxy) is 18. The van der Waals surface area contributed by atoms with E-state index in [1.165, 1.54) is 0 Å². The first-order chi connectivity index (χ1) is 56.5. The van der Waals surface area contributed by atoms with Gasteiger partial charge < -0.3 is 240 Å². The van der Waals surface area contributed by atoms with Crippen molar-refractivity contribution in [3.8, 4) is 0 Å². The Morgan fingerprint density at radius 2 is 0.538 bits per heavy atom. The van der Waals surface area contributed by atoms with Crippen LogP contribution in [0.15, 0.2) is 0 Å². The molecule has 0 aliphatic carbocycles. The van der Waals surface area contributed by atoms with Gasteiger partial charge in [-0.1, -0.05) is 0 Å². The Bertz CT molecular complexity index is 3160. The van der Waals surface area contributed by atoms with Gasteiger partial charge in [0.1, 0.15) is 219 Å². The highest BCUT2D eigenvalue weighted by Crippen LogP contribution is 2.40. The maximum atomic E-state index is 13.2. The monoisotopic (exact) mass is 1740 g/mol. The molecule has 53 nitrogen and oxygen atoms in total. The van der Waals surface area contributed by atoms with Crippen LogP contribution in [-0.2, 0) is 109 Å². The van der Waals surface area contributed by atoms with E-state index in [0.717, 1.165) is 27.7 Å². The Morgan fingerprint density at radius 1 is 0.277 bits per heavy atom. The minimum atomic E-state index is -2.52. The first kappa shape index (κ1) is 98.4. The number of carbonyl (C=O) groups is 5. The van der Waals surface area contributed by atoms with Gasteiger partial charge in [-0.15, -0.1) is 0 Å². The molecule has 5 amide bonds. The van der Waals surface area contributed by atoms with Crippen molar-refractivity contribution in [1.29, 1.82) is 0 Å². The Labute approximate surface area is 674 Å². The molecular weight excluding hydrogens is 1630 g/mol. The lowest BCUT2D eigenvalue weighted by Gasteiger charge is -2.51. The zero-order chi connectivity index (χ0) is 87.6. The SMILES string of the molecule is CC(=O)N[C@H]1[C@H](O[C@H]2[C@@H](O)[C@@H](CO[C@@H]3O[C@H](CO)[C@@H](O[C@@H]4O[C@H](CO)[C@H](O)[C@H](O[C@@H]5O[C@H](CO)[C@@H](O)[C@H](O)[C@H]5NC(C)=O)[C@H]4O)[C@H](O)[C@H]3NC(C)=O)O[C@@H](O[C@H]3[C@H](O)[C@@H](NC(C)=O)[C@H](O[C@H]4[C@@H](O)[C@@H](CO)O[C@@H](O[C@H]5[C@H](O)[C@@H](O)[C@H](OC[C@@H](CO)NC=O)O[C@@H]5CO)[C@@H]4O)O[C@@H]3CO)[C@@H]2O)O[C@H](CO)[C@@H](O[C@@H]2O[C@H](CO)[C@H](O)[C@H](O)[C@H]2O)[C@@H]1O. The maximum Gasteiger partial charge on any atom is 0.217 e. The van der Waals surface area contributed by atoms with Crippen molar-refractivity contribution >= 4 is 30.0 Å². The molecule has 46 atom stereocenters. The lowest BCUT2D eigenvalue weighted by molar-refractivity contribution is -0.389. The van der Waals surface area contributed by atoms with Crippen molar-refractivity contribution in [2.45, 2.75) is 310 Å². The van der Waals surface area contributed by atoms with Crippen LogP contribution in [0.4, 0.5) is 0 Å². The molecule has 30 N–H and O–H groups in total. The predicted octanol–water partition coefficient (Wildman–Crippen LogP) is -20.9. The second-order valence-corrected chi connectivity index (χ2v) is 29.6. The third-order valence-corrected chi connectivity index (χ3v) is 21.3. The number of aliphatic hydroxyl groups is 25. The van der Waals surface area contributed by atoms with Crippen LogP contribution in [0.3, 0.4) is 0 Å². The zero-order valence-electron chi connectivity index (χ0n) is 64.0. The Morgan fingerprint density at radius 3 is 0.882 bits per heavy atom. The fourth-order valence-electron chi connectivity index (χ4n) is 15.1. The van der Waals surface area contributed by atoms with E-state index in [1.54, 1.807) is 0 Å². The highest BCUT2D eigenvalue weighted by molar-refractivity contribution is 5.74. The van der Waals surface area contributed by atoms with E-state index in [1.807, 2.05) is 0 Å². The third-order valence-electron chi connectivity index (χ3n) is 21.3. The molecule has 0 aromatic rings. The number of rotatable bonds is 35. The van der Waals surface area contributed by atoms with Gasteiger partial charge in [-0.25, -0.2) is 0 Å². The van der Waals surface area contributed by atoms with Gasteiger partial charge in [-0.3, -0.25) is 24.0 Å². The summed E-state index contributed by atoms with van der Waals surface area (Å²) in [5.41, 5.74) is 0. The van der Waals surface area contributed by atoms with Crippen molar-refractivity contribution in [2.75, 3.05) is 72.7 Å². The van der Waals surface area contributed by atoms with Crippen molar-refractivity contribution in [2.24, 2.45) is 0 Å². The van der Waals surface area contributed by atoms with Crippen molar-refractivity contribution in [3.63, 3.8) is 0 Å². The van der Waals surface area contributed by atoms with Crippen molar-refractivity contribution in [1.82, 2.24) is 26.6 Å². The largest absolute Gasteiger partial charge is 0.394 e. The van der Waals surface area contributed by atoms with Gasteiger partial charge in [0.2, 0.25) is 30.0 Å². The third kappa shape index (κ3) is 22.5. The summed E-state index contributed by atoms with van der Waals surface area (Å²) in [5.74, 6) is -3.71. The first-order valence-corrected chi connectivity index (χ1v) is 37.8. The molecule has 9 aliphatic rings. The van der Waals surface area contributed by atoms with E-state index in [0.29, 0.717) is 0 Å². The molecule has 0 spiro atoms. The van der Waals surface area contributed by atoms with Crippen molar-refractivity contribution in [3.05, 3.63) is 0 Å². The van der Waals surface area contributed by atoms with Crippen LogP contribution in [0.25, 0.3) is 0 Å². The van der Waals surface area contributed by atoms with E-state index in [9.17, 15) is 152 Å². The summed E-state index contributed by atoms with van der Waals surface area (Å²) >= 11 is 0. The van der Waals surface area contributed by atoms with Crippen LogP contribution < -0.4 is 26.6 Å². The summed E-state index contributed by atoms with van der Waals surface area (Å²) < 4.78 is 106. The molecule has 0 radical (unpaired) electrons. The summed E-state index contributed by atoms with van der Waals surface area (Å²) in [6, 6.07) is -8.60. The Hall–Kier alpha value is -4.37. The molecule has 9 saturated heterocycles. The van der Waals surface area contributed by atoms with E-state index >= 15 is 0 Å². The number of nitrogens with one attached hydrogen (secondary N) is 5. The topological polar surface area (TPSA) is 817 Å². The summed E-state index contributed by atoms with van der Waals surface area (Å²) in [4.78, 5) is 62.5. The molecule has 9 heterocycles. The minimum absolute atomic E-state index is 0.244. The summed E-state index contributed by atoms with van der Waals surface area (Å²) in [5, 5.41) is 290. The van der Waals surface area contributed by atoms with Crippen LogP contribution in [-0.4, -0.2) is 513 Å². The van der Waals surface area contributed by atoms with Crippen LogP contribution in [0.2, 0.25) is 0 Å². The van der Waals surface area contributed by atoms with Gasteiger partial charge in [0.15, 0.2) is 56.6 Å². The van der Waals surface area contributed by atoms with Crippen LogP contribution in [0.5, 0.6) is 0 Å². The van der Waals surface area contributed by atoms with Gasteiger partial charge in [0.05, 0.1) is 78.7 Å². The molecule has 0 aromatic carbocycles. The van der Waals surface area contributed by atoms with Crippen LogP contribution in [0.1, 0.15) is 27.7 Å². The normalized spacial score (nSPS) is 46.9. The maximum absolute atomic E-state index is 13.2. The van der Waals surface area contributed by atoms with E-state index in [-0.39, 0.29) is 6.41 Å². The molecular formula is C66H111N5O48. The standard InChI is InChI=1S/C66H111N5O48/c1-17(82)68-31-40(91)35(86)22(6-73)104-59(31)117-55-37(88)24(8-75)106-64(48(55)99)114-51-26(10-77)108-58(32(41(51)92)69-18(2)83)103-15-30-39(90)57(119-61-33(70-19(3)84)42(93)52(27(11-78)109-61)113-63-46(97)44(95)36(87)23(7-74)105-63)50(101)66(112-30)115-53-28(12-79)110-60(34(43(53)94)71-20(4)85)118-56-38(89)25(9-76)107-65(49(56)100)116-54-29(13-80)111-62(47(98)45(54)96)102-14-21(5-72)67-16-81/h16,21-66,72-80,86-101H,5-15H2,1-4H3,(H,67,81)(H,68,82)(H,69,83)(H,70,84)(H,71,85)/t21-,22-,23-,24-,25-,26-,27-,28-,29-,30-,31-,32-,33-,34-,35-,36+,37+,38+,39+,40-,41-,42-,43-,44+,45-,46-,47-,48-,49-,50-,51-,52-,53-,54-,55+,56+,57+,58-,59+,60+,61+,62-,63+,64+,65+,66+/m1/s1. The van der Waals surface area contributed by atoms with Crippen molar-refractivity contribution < 1.29 is 237 Å². The predicted molar refractivity (Wildman–Crippen MR) is 367 cm³/mol. The number of amides is 5. The van der Waals surface area contributed by atoms with Crippen LogP contribution >= 0.6 is 0 Å². The van der Waals surface area contributed by atoms with Gasteiger partial charge in [0.25, 0.3) is 0 Å². The van der Waals surface area contributed by atoms with E-state index in [4.69, 9.17) is 85.3 Å². The van der Waals surface area contributed by atoms with Crippen LogP contribution in [0, 0.1) is 0 Å². The molecule has 9 fully saturated rings. The van der Waals surface area contributed by atoms with E-state index in [2.05, 4.69) is 26.6 Å². The van der Waals surface area contributed by atoms with Gasteiger partial charge in [-0.2, -0.15) is 0 Å². The average Bonchev–Trinajstić information content (AvgIpc) is 0.690. The fourth-order valence-corrected chi connectivity index (χ4v) is 15.1. The average molecular weight is 1740 g/mol. The summed E-state index contributed by atoms with van der Waals surface area (Å²) in [7, 11) is 0. The first-order valence-electron chi connectivity index (χ1n) is 37.8. The number of carbonyl (C=O) groups excluding carboxylic acids is 5. The second kappa shape index (κ2) is 44.2. The summed E-state index contributed by atoms with van der Waals surface area (Å²) in [6.07, 6.45) is -83.7. The smallest absolute Gasteiger partial charge is 0.217 e. The molecule has 53 heteroatoms. The number of hydrogen-bond acceptors (Lipinski definition) is 48. The molecule has 0 unspecified atom stereocenters. The lowest BCUT2D eigenvalue weighted by atomic mass is 9.93. The van der Waals surface area contributed by atoms with Gasteiger partial charge in [-0.05, 0) is 0 Å². The quantitative estimate of drug-likeness (QED) is 0.0262. The Balaban J connectivity index is 0.997. The highest BCUT2D eigenvalue weighted by Gasteiger charge is 2.61. The number of hydrogen-bond donors (Lipinski definition) is 30.